The summed E-state index contributed by atoms with van der Waals surface area (Å²) in [5.74, 6) is 0. The van der Waals surface area contributed by atoms with Crippen molar-refractivity contribution in [3.8, 4) is 0 Å². The number of aliphatic imine (C=N–C) groups is 2. The summed E-state index contributed by atoms with van der Waals surface area (Å²) in [5.41, 5.74) is 11.5. The first-order valence-electron chi connectivity index (χ1n) is 14.5. The second-order valence-electron chi connectivity index (χ2n) is 11.2. The predicted octanol–water partition coefficient (Wildman–Crippen LogP) is 6.46. The number of halogens is 1. The van der Waals surface area contributed by atoms with Crippen LogP contribution in [0.15, 0.2) is 167 Å². The van der Waals surface area contributed by atoms with Gasteiger partial charge in [0.25, 0.3) is 0 Å². The smallest absolute Gasteiger partial charge is 0.118 e. The fourth-order valence-corrected chi connectivity index (χ4v) is 8.25. The molecule has 0 radical (unpaired) electrons. The lowest BCUT2D eigenvalue weighted by Crippen LogP contribution is -2.26. The van der Waals surface area contributed by atoms with Gasteiger partial charge in [0.05, 0.1) is 28.5 Å². The van der Waals surface area contributed by atoms with E-state index in [0.717, 1.165) is 61.5 Å². The molecule has 2 atom stereocenters. The Balaban J connectivity index is 1.41. The van der Waals surface area contributed by atoms with E-state index in [0.29, 0.717) is 0 Å². The summed E-state index contributed by atoms with van der Waals surface area (Å²) in [5, 5.41) is 2.15. The molecule has 3 aromatic carbocycles. The average molecular weight is 665 g/mol. The quantitative estimate of drug-likeness (QED) is 0.116. The van der Waals surface area contributed by atoms with Gasteiger partial charge in [-0.15, -0.1) is 0 Å². The molecule has 0 amide bonds. The SMILES string of the molecule is IC1N2/C3=C4/C=CC(=N4)/C(c4ccccc4)=C4/C=CC(=N4)/C(c4ccccc4)=c4/cc/c([nH]4)=C(\c4ccccc4)C12C=C3. The summed E-state index contributed by atoms with van der Waals surface area (Å²) >= 11 is 2.60. The number of aromatic nitrogens is 1. The monoisotopic (exact) mass is 664 g/mol. The van der Waals surface area contributed by atoms with E-state index in [2.05, 4.69) is 172 Å². The third-order valence-electron chi connectivity index (χ3n) is 8.80. The van der Waals surface area contributed by atoms with Gasteiger partial charge < -0.3 is 9.88 Å². The molecule has 5 aliphatic rings. The molecular formula is C38H25IN4. The fourth-order valence-electron chi connectivity index (χ4n) is 6.83. The molecule has 5 aliphatic heterocycles. The van der Waals surface area contributed by atoms with Gasteiger partial charge >= 0.3 is 0 Å². The fraction of sp³-hybridized carbons (Fsp3) is 0.0526. The first kappa shape index (κ1) is 24.8. The zero-order valence-corrected chi connectivity index (χ0v) is 25.2. The van der Waals surface area contributed by atoms with E-state index in [1.54, 1.807) is 0 Å². The number of alkyl halides is 1. The van der Waals surface area contributed by atoms with Crippen LogP contribution in [-0.4, -0.2) is 30.9 Å². The molecule has 43 heavy (non-hydrogen) atoms. The second-order valence-corrected chi connectivity index (χ2v) is 12.4. The number of rotatable bonds is 3. The summed E-state index contributed by atoms with van der Waals surface area (Å²) in [6, 6.07) is 36.3. The van der Waals surface area contributed by atoms with Crippen molar-refractivity contribution in [2.75, 3.05) is 0 Å². The summed E-state index contributed by atoms with van der Waals surface area (Å²) in [6.45, 7) is 0. The largest absolute Gasteiger partial charge is 0.355 e. The minimum absolute atomic E-state index is 0.261. The van der Waals surface area contributed by atoms with E-state index in [1.165, 1.54) is 11.1 Å². The number of nitrogens with one attached hydrogen (secondary N) is 1. The molecule has 8 bridgehead atoms. The molecular weight excluding hydrogens is 639 g/mol. The van der Waals surface area contributed by atoms with Crippen molar-refractivity contribution in [1.29, 1.82) is 0 Å². The van der Waals surface area contributed by atoms with Crippen molar-refractivity contribution in [3.63, 3.8) is 0 Å². The Kier molecular flexibility index (Phi) is 5.41. The van der Waals surface area contributed by atoms with Crippen LogP contribution in [0, 0.1) is 0 Å². The van der Waals surface area contributed by atoms with E-state index in [9.17, 15) is 0 Å². The van der Waals surface area contributed by atoms with Crippen LogP contribution in [-0.2, 0) is 0 Å². The molecule has 0 spiro atoms. The van der Waals surface area contributed by atoms with Gasteiger partial charge in [-0.25, -0.2) is 9.98 Å². The topological polar surface area (TPSA) is 43.5 Å². The lowest BCUT2D eigenvalue weighted by atomic mass is 9.92. The van der Waals surface area contributed by atoms with Crippen LogP contribution in [0.1, 0.15) is 16.7 Å². The Hall–Kier alpha value is -4.75. The number of H-pyrrole nitrogens is 1. The van der Waals surface area contributed by atoms with Crippen LogP contribution >= 0.6 is 22.6 Å². The molecule has 5 heteroatoms. The zero-order valence-electron chi connectivity index (χ0n) is 23.1. The lowest BCUT2D eigenvalue weighted by Gasteiger charge is -2.15. The summed E-state index contributed by atoms with van der Waals surface area (Å²) in [6.07, 6.45) is 13.2. The third-order valence-corrected chi connectivity index (χ3v) is 10.3. The van der Waals surface area contributed by atoms with Gasteiger partial charge in [0.2, 0.25) is 0 Å². The number of nitrogens with zero attached hydrogens (tertiary/aromatic N) is 3. The molecule has 4 nitrogen and oxygen atoms in total. The molecule has 1 fully saturated rings. The molecule has 9 rings (SSSR count). The molecule has 2 unspecified atom stereocenters. The van der Waals surface area contributed by atoms with Gasteiger partial charge in [-0.05, 0) is 65.3 Å². The lowest BCUT2D eigenvalue weighted by molar-refractivity contribution is 0.649. The van der Waals surface area contributed by atoms with Crippen molar-refractivity contribution in [3.05, 3.63) is 184 Å². The van der Waals surface area contributed by atoms with Crippen LogP contribution in [0.3, 0.4) is 0 Å². The van der Waals surface area contributed by atoms with Gasteiger partial charge in [-0.3, -0.25) is 0 Å². The molecule has 6 heterocycles. The average Bonchev–Trinajstić information content (AvgIpc) is 3.72. The van der Waals surface area contributed by atoms with Crippen molar-refractivity contribution < 1.29 is 0 Å². The molecule has 1 N–H and O–H groups in total. The third kappa shape index (κ3) is 3.67. The first-order chi connectivity index (χ1) is 21.2. The van der Waals surface area contributed by atoms with Crippen LogP contribution < -0.4 is 10.7 Å². The zero-order chi connectivity index (χ0) is 28.5. The maximum absolute atomic E-state index is 5.29. The highest BCUT2D eigenvalue weighted by Crippen LogP contribution is 2.60. The Morgan fingerprint density at radius 2 is 1.14 bits per heavy atom. The first-order valence-corrected chi connectivity index (χ1v) is 15.7. The summed E-state index contributed by atoms with van der Waals surface area (Å²) in [4.78, 5) is 16.9. The standard InChI is InChI=1S/C38H25IN4/c39-37-38-23-22-33(43(37)38)27-16-17-28(40-27)34(24-10-4-1-5-11-24)29-18-19-30(41-29)35(25-12-6-2-7-13-25)31-20-21-32(42-31)36(38)26-14-8-3-9-15-26/h1-23,37,42H/b33-27-,34-29-,35-31-,36-32-. The summed E-state index contributed by atoms with van der Waals surface area (Å²) < 4.78 is 0.270. The van der Waals surface area contributed by atoms with Gasteiger partial charge in [0.15, 0.2) is 0 Å². The number of benzene rings is 3. The number of fused-ring (bicyclic) bond motifs is 4. The highest BCUT2D eigenvalue weighted by Gasteiger charge is 2.66. The minimum Gasteiger partial charge on any atom is -0.355 e. The van der Waals surface area contributed by atoms with Gasteiger partial charge in [0.1, 0.15) is 9.59 Å². The Morgan fingerprint density at radius 1 is 0.581 bits per heavy atom. The molecule has 0 aliphatic carbocycles. The Labute approximate surface area is 263 Å². The van der Waals surface area contributed by atoms with Crippen molar-refractivity contribution in [1.82, 2.24) is 9.88 Å². The minimum atomic E-state index is -0.261. The number of aromatic amines is 1. The number of hydrogen-bond donors (Lipinski definition) is 1. The van der Waals surface area contributed by atoms with Crippen LogP contribution in [0.2, 0.25) is 0 Å². The maximum atomic E-state index is 5.29. The van der Waals surface area contributed by atoms with E-state index >= 15 is 0 Å². The second kappa shape index (κ2) is 9.38. The summed E-state index contributed by atoms with van der Waals surface area (Å²) in [7, 11) is 0. The molecule has 4 aromatic rings. The van der Waals surface area contributed by atoms with Gasteiger partial charge in [0, 0.05) is 27.4 Å². The normalized spacial score (nSPS) is 28.9. The predicted molar refractivity (Wildman–Crippen MR) is 183 cm³/mol. The molecule has 204 valence electrons. The number of allylic oxidation sites excluding steroid dienone is 6. The number of hydrogen-bond acceptors (Lipinski definition) is 3. The van der Waals surface area contributed by atoms with E-state index in [-0.39, 0.29) is 9.59 Å². The van der Waals surface area contributed by atoms with Crippen LogP contribution in [0.25, 0.3) is 16.7 Å². The molecule has 1 saturated heterocycles. The maximum Gasteiger partial charge on any atom is 0.118 e. The highest BCUT2D eigenvalue weighted by molar-refractivity contribution is 14.1. The van der Waals surface area contributed by atoms with Gasteiger partial charge in [-0.1, -0.05) is 114 Å². The van der Waals surface area contributed by atoms with Crippen LogP contribution in [0.4, 0.5) is 0 Å². The van der Waals surface area contributed by atoms with Crippen molar-refractivity contribution in [2.24, 2.45) is 9.98 Å². The Morgan fingerprint density at radius 3 is 1.81 bits per heavy atom. The van der Waals surface area contributed by atoms with Gasteiger partial charge in [-0.2, -0.15) is 0 Å². The molecule has 0 saturated carbocycles. The Bertz CT molecular complexity index is 2180. The van der Waals surface area contributed by atoms with Crippen molar-refractivity contribution >= 4 is 50.7 Å². The molecule has 1 aromatic heterocycles. The highest BCUT2D eigenvalue weighted by atomic mass is 127. The van der Waals surface area contributed by atoms with E-state index < -0.39 is 0 Å². The van der Waals surface area contributed by atoms with E-state index in [1.807, 2.05) is 0 Å². The van der Waals surface area contributed by atoms with E-state index in [4.69, 9.17) is 9.98 Å². The van der Waals surface area contributed by atoms with Crippen LogP contribution in [0.5, 0.6) is 0 Å². The van der Waals surface area contributed by atoms with Crippen molar-refractivity contribution in [2.45, 2.75) is 9.59 Å².